The maximum absolute atomic E-state index is 13.6. The quantitative estimate of drug-likeness (QED) is 0.595. The summed E-state index contributed by atoms with van der Waals surface area (Å²) in [5.41, 5.74) is 1.48. The van der Waals surface area contributed by atoms with Gasteiger partial charge in [0, 0.05) is 30.3 Å². The second kappa shape index (κ2) is 9.34. The molecule has 24 heavy (non-hydrogen) atoms. The van der Waals surface area contributed by atoms with Gasteiger partial charge in [0.2, 0.25) is 0 Å². The molecule has 1 aromatic carbocycles. The van der Waals surface area contributed by atoms with Crippen LogP contribution in [0.2, 0.25) is 0 Å². The molecule has 0 atom stereocenters. The molecule has 0 bridgehead atoms. The van der Waals surface area contributed by atoms with Crippen molar-refractivity contribution in [1.29, 1.82) is 0 Å². The Hall–Kier alpha value is -1.99. The zero-order valence-electron chi connectivity index (χ0n) is 14.2. The molecule has 1 aromatic heterocycles. The molecular formula is C17H23FN4OS. The molecule has 0 fully saturated rings. The minimum Gasteiger partial charge on any atom is -0.380 e. The van der Waals surface area contributed by atoms with E-state index < -0.39 is 0 Å². The highest BCUT2D eigenvalue weighted by Crippen LogP contribution is 2.13. The van der Waals surface area contributed by atoms with E-state index in [1.165, 1.54) is 10.9 Å². The number of ether oxygens (including phenoxy) is 1. The highest BCUT2D eigenvalue weighted by Gasteiger charge is 2.05. The van der Waals surface area contributed by atoms with E-state index in [-0.39, 0.29) is 12.4 Å². The van der Waals surface area contributed by atoms with E-state index in [4.69, 9.17) is 4.74 Å². The van der Waals surface area contributed by atoms with Gasteiger partial charge in [0.15, 0.2) is 5.96 Å². The molecule has 0 saturated carbocycles. The number of nitrogens with zero attached hydrogens (tertiary/aromatic N) is 2. The van der Waals surface area contributed by atoms with Crippen LogP contribution < -0.4 is 10.6 Å². The van der Waals surface area contributed by atoms with Crippen LogP contribution >= 0.6 is 11.3 Å². The van der Waals surface area contributed by atoms with Crippen LogP contribution in [0.4, 0.5) is 4.39 Å². The maximum Gasteiger partial charge on any atom is 0.191 e. The van der Waals surface area contributed by atoms with Crippen molar-refractivity contribution in [2.45, 2.75) is 33.5 Å². The van der Waals surface area contributed by atoms with Crippen LogP contribution in [0.3, 0.4) is 0 Å². The molecule has 5 nitrogen and oxygen atoms in total. The molecule has 0 aliphatic rings. The highest BCUT2D eigenvalue weighted by molar-refractivity contribution is 7.11. The summed E-state index contributed by atoms with van der Waals surface area (Å²) in [5.74, 6) is 0.455. The number of aryl methyl sites for hydroxylation is 1. The first-order chi connectivity index (χ1) is 11.6. The number of rotatable bonds is 7. The smallest absolute Gasteiger partial charge is 0.191 e. The lowest BCUT2D eigenvalue weighted by Crippen LogP contribution is -2.36. The molecule has 0 spiro atoms. The summed E-state index contributed by atoms with van der Waals surface area (Å²) >= 11 is 1.66. The van der Waals surface area contributed by atoms with E-state index in [0.29, 0.717) is 24.6 Å². The Morgan fingerprint density at radius 3 is 2.88 bits per heavy atom. The standard InChI is InChI=1S/C17H23FN4OS/c1-4-19-17(22-10-16-20-8-12(2)24-16)21-9-13-5-6-15(18)14(7-13)11-23-3/h5-8H,4,9-11H2,1-3H3,(H2,19,21,22). The Labute approximate surface area is 146 Å². The van der Waals surface area contributed by atoms with Crippen molar-refractivity contribution in [2.75, 3.05) is 13.7 Å². The topological polar surface area (TPSA) is 58.5 Å². The van der Waals surface area contributed by atoms with Crippen LogP contribution in [0.5, 0.6) is 0 Å². The molecule has 2 N–H and O–H groups in total. The predicted molar refractivity (Wildman–Crippen MR) is 95.6 cm³/mol. The zero-order valence-corrected chi connectivity index (χ0v) is 15.0. The number of hydrogen-bond donors (Lipinski definition) is 2. The minimum atomic E-state index is -0.256. The zero-order chi connectivity index (χ0) is 17.4. The minimum absolute atomic E-state index is 0.255. The number of benzene rings is 1. The van der Waals surface area contributed by atoms with Gasteiger partial charge < -0.3 is 15.4 Å². The van der Waals surface area contributed by atoms with Crippen molar-refractivity contribution in [3.05, 3.63) is 51.2 Å². The number of methoxy groups -OCH3 is 1. The van der Waals surface area contributed by atoms with Crippen molar-refractivity contribution >= 4 is 17.3 Å². The van der Waals surface area contributed by atoms with Gasteiger partial charge in [-0.2, -0.15) is 0 Å². The Kier molecular flexibility index (Phi) is 7.14. The number of aromatic nitrogens is 1. The van der Waals surface area contributed by atoms with Crippen molar-refractivity contribution < 1.29 is 9.13 Å². The lowest BCUT2D eigenvalue weighted by Gasteiger charge is -2.10. The summed E-state index contributed by atoms with van der Waals surface area (Å²) in [6.07, 6.45) is 1.86. The number of guanidine groups is 1. The van der Waals surface area contributed by atoms with Gasteiger partial charge in [-0.3, -0.25) is 0 Å². The van der Waals surface area contributed by atoms with Crippen LogP contribution in [0.15, 0.2) is 29.4 Å². The molecule has 0 amide bonds. The van der Waals surface area contributed by atoms with E-state index >= 15 is 0 Å². The molecule has 0 saturated heterocycles. The first kappa shape index (κ1) is 18.4. The fourth-order valence-corrected chi connectivity index (χ4v) is 2.87. The normalized spacial score (nSPS) is 11.6. The van der Waals surface area contributed by atoms with E-state index in [2.05, 4.69) is 20.6 Å². The molecule has 2 rings (SSSR count). The van der Waals surface area contributed by atoms with E-state index in [0.717, 1.165) is 17.1 Å². The third-order valence-corrected chi connectivity index (χ3v) is 4.16. The summed E-state index contributed by atoms with van der Waals surface area (Å²) in [7, 11) is 1.55. The van der Waals surface area contributed by atoms with Crippen LogP contribution in [0.1, 0.15) is 27.9 Å². The maximum atomic E-state index is 13.6. The van der Waals surface area contributed by atoms with Gasteiger partial charge in [0.05, 0.1) is 19.7 Å². The summed E-state index contributed by atoms with van der Waals surface area (Å²) in [4.78, 5) is 10.1. The van der Waals surface area contributed by atoms with Gasteiger partial charge >= 0.3 is 0 Å². The van der Waals surface area contributed by atoms with Crippen LogP contribution in [-0.2, 0) is 24.4 Å². The number of halogens is 1. The molecular weight excluding hydrogens is 327 g/mol. The van der Waals surface area contributed by atoms with Gasteiger partial charge in [-0.1, -0.05) is 6.07 Å². The Balaban J connectivity index is 2.00. The molecule has 130 valence electrons. The van der Waals surface area contributed by atoms with Crippen LogP contribution in [-0.4, -0.2) is 24.6 Å². The van der Waals surface area contributed by atoms with Crippen LogP contribution in [0, 0.1) is 12.7 Å². The molecule has 0 aliphatic heterocycles. The fourth-order valence-electron chi connectivity index (χ4n) is 2.15. The fraction of sp³-hybridized carbons (Fsp3) is 0.412. The van der Waals surface area contributed by atoms with Crippen molar-refractivity contribution in [3.63, 3.8) is 0 Å². The third-order valence-electron chi connectivity index (χ3n) is 3.25. The molecule has 2 aromatic rings. The molecule has 1 heterocycles. The summed E-state index contributed by atoms with van der Waals surface area (Å²) in [5, 5.41) is 7.47. The Morgan fingerprint density at radius 1 is 1.38 bits per heavy atom. The second-order valence-electron chi connectivity index (χ2n) is 5.27. The predicted octanol–water partition coefficient (Wildman–Crippen LogP) is 2.99. The lowest BCUT2D eigenvalue weighted by molar-refractivity contribution is 0.181. The lowest BCUT2D eigenvalue weighted by atomic mass is 10.1. The number of hydrogen-bond acceptors (Lipinski definition) is 4. The van der Waals surface area contributed by atoms with E-state index in [9.17, 15) is 4.39 Å². The second-order valence-corrected chi connectivity index (χ2v) is 6.59. The first-order valence-electron chi connectivity index (χ1n) is 7.82. The van der Waals surface area contributed by atoms with Gasteiger partial charge in [0.25, 0.3) is 0 Å². The first-order valence-corrected chi connectivity index (χ1v) is 8.63. The van der Waals surface area contributed by atoms with Gasteiger partial charge in [-0.15, -0.1) is 11.3 Å². The van der Waals surface area contributed by atoms with Crippen molar-refractivity contribution in [2.24, 2.45) is 4.99 Å². The molecule has 7 heteroatoms. The molecule has 0 unspecified atom stereocenters. The largest absolute Gasteiger partial charge is 0.380 e. The Bertz CT molecular complexity index is 687. The SMILES string of the molecule is CCNC(=NCc1ccc(F)c(COC)c1)NCc1ncc(C)s1. The summed E-state index contributed by atoms with van der Waals surface area (Å²) in [6.45, 7) is 6.16. The third kappa shape index (κ3) is 5.58. The average molecular weight is 350 g/mol. The number of thiazole rings is 1. The van der Waals surface area contributed by atoms with Crippen molar-refractivity contribution in [3.8, 4) is 0 Å². The number of nitrogens with one attached hydrogen (secondary N) is 2. The monoisotopic (exact) mass is 350 g/mol. The van der Waals surface area contributed by atoms with Crippen molar-refractivity contribution in [1.82, 2.24) is 15.6 Å². The van der Waals surface area contributed by atoms with E-state index in [1.54, 1.807) is 30.6 Å². The van der Waals surface area contributed by atoms with Gasteiger partial charge in [-0.25, -0.2) is 14.4 Å². The Morgan fingerprint density at radius 2 is 2.21 bits per heavy atom. The van der Waals surface area contributed by atoms with E-state index in [1.807, 2.05) is 20.0 Å². The summed E-state index contributed by atoms with van der Waals surface area (Å²) < 4.78 is 18.7. The van der Waals surface area contributed by atoms with Crippen LogP contribution in [0.25, 0.3) is 0 Å². The number of aliphatic imine (C=N–C) groups is 1. The van der Waals surface area contributed by atoms with Gasteiger partial charge in [0.1, 0.15) is 10.8 Å². The summed E-state index contributed by atoms with van der Waals surface area (Å²) in [6, 6.07) is 4.99. The van der Waals surface area contributed by atoms with Gasteiger partial charge in [-0.05, 0) is 31.5 Å². The molecule has 0 aliphatic carbocycles. The molecule has 0 radical (unpaired) electrons. The average Bonchev–Trinajstić information content (AvgIpc) is 2.98. The highest BCUT2D eigenvalue weighted by atomic mass is 32.1.